The fourth-order valence-corrected chi connectivity index (χ4v) is 2.12. The standard InChI is InChI=1S/C9H7N.C9H10.C8H8/c1-2-8-5-3-4-6-9(8)7-10;1-2-6-9-7-4-3-5-8-9;1-2-8-6-4-3-5-7-8/h2-6H,1H2;2-8H,1H3;2-7H,1H2. The zero-order chi connectivity index (χ0) is 19.7. The van der Waals surface area contributed by atoms with E-state index in [1.165, 1.54) is 11.1 Å². The Kier molecular flexibility index (Phi) is 10.8. The summed E-state index contributed by atoms with van der Waals surface area (Å²) in [4.78, 5) is 0. The second kappa shape index (κ2) is 13.6. The van der Waals surface area contributed by atoms with E-state index in [0.717, 1.165) is 5.56 Å². The third-order valence-corrected chi connectivity index (χ3v) is 3.50. The van der Waals surface area contributed by atoms with Gasteiger partial charge in [-0.25, -0.2) is 0 Å². The van der Waals surface area contributed by atoms with Crippen LogP contribution < -0.4 is 0 Å². The average molecular weight is 351 g/mol. The lowest BCUT2D eigenvalue weighted by molar-refractivity contribution is 1.47. The van der Waals surface area contributed by atoms with Crippen molar-refractivity contribution in [3.05, 3.63) is 126 Å². The fraction of sp³-hybridized carbons (Fsp3) is 0.0385. The summed E-state index contributed by atoms with van der Waals surface area (Å²) in [6.45, 7) is 9.24. The van der Waals surface area contributed by atoms with Gasteiger partial charge in [-0.05, 0) is 29.7 Å². The molecule has 0 aliphatic carbocycles. The number of rotatable bonds is 3. The second-order valence-electron chi connectivity index (χ2n) is 5.43. The zero-order valence-corrected chi connectivity index (χ0v) is 15.8. The van der Waals surface area contributed by atoms with Gasteiger partial charge in [-0.2, -0.15) is 5.26 Å². The number of hydrogen-bond acceptors (Lipinski definition) is 1. The number of benzene rings is 3. The molecule has 0 spiro atoms. The summed E-state index contributed by atoms with van der Waals surface area (Å²) >= 11 is 0. The highest BCUT2D eigenvalue weighted by molar-refractivity contribution is 5.56. The van der Waals surface area contributed by atoms with Gasteiger partial charge in [-0.3, -0.25) is 0 Å². The number of allylic oxidation sites excluding steroid dienone is 1. The van der Waals surface area contributed by atoms with Crippen molar-refractivity contribution >= 4 is 18.2 Å². The van der Waals surface area contributed by atoms with Gasteiger partial charge in [0.1, 0.15) is 0 Å². The minimum atomic E-state index is 0.678. The molecule has 1 heteroatoms. The molecule has 3 rings (SSSR count). The van der Waals surface area contributed by atoms with Crippen LogP contribution in [0.15, 0.2) is 104 Å². The number of hydrogen-bond donors (Lipinski definition) is 0. The molecule has 3 aromatic carbocycles. The Balaban J connectivity index is 0.000000204. The molecule has 1 nitrogen and oxygen atoms in total. The van der Waals surface area contributed by atoms with E-state index in [1.54, 1.807) is 12.1 Å². The largest absolute Gasteiger partial charge is 0.192 e. The van der Waals surface area contributed by atoms with Gasteiger partial charge in [0.25, 0.3) is 0 Å². The summed E-state index contributed by atoms with van der Waals surface area (Å²) in [5.74, 6) is 0. The Bertz CT molecular complexity index is 869. The van der Waals surface area contributed by atoms with Crippen LogP contribution in [0.5, 0.6) is 0 Å². The van der Waals surface area contributed by atoms with E-state index >= 15 is 0 Å². The topological polar surface area (TPSA) is 23.8 Å². The summed E-state index contributed by atoms with van der Waals surface area (Å²) in [5, 5.41) is 8.55. The summed E-state index contributed by atoms with van der Waals surface area (Å²) in [6, 6.07) is 29.7. The molecule has 0 bridgehead atoms. The molecule has 0 fully saturated rings. The van der Waals surface area contributed by atoms with Gasteiger partial charge < -0.3 is 0 Å². The van der Waals surface area contributed by atoms with Crippen LogP contribution in [-0.2, 0) is 0 Å². The summed E-state index contributed by atoms with van der Waals surface area (Å²) in [5.41, 5.74) is 4.01. The van der Waals surface area contributed by atoms with Crippen molar-refractivity contribution in [1.29, 1.82) is 5.26 Å². The maximum absolute atomic E-state index is 8.55. The second-order valence-corrected chi connectivity index (χ2v) is 5.43. The van der Waals surface area contributed by atoms with Crippen LogP contribution in [-0.4, -0.2) is 0 Å². The first-order valence-electron chi connectivity index (χ1n) is 8.72. The Morgan fingerprint density at radius 2 is 1.22 bits per heavy atom. The van der Waals surface area contributed by atoms with Gasteiger partial charge in [0.2, 0.25) is 0 Å². The molecule has 0 amide bonds. The number of nitrogens with zero attached hydrogens (tertiary/aromatic N) is 1. The first kappa shape index (κ1) is 21.4. The summed E-state index contributed by atoms with van der Waals surface area (Å²) in [7, 11) is 0. The fourth-order valence-electron chi connectivity index (χ4n) is 2.12. The first-order chi connectivity index (χ1) is 13.2. The van der Waals surface area contributed by atoms with E-state index in [2.05, 4.69) is 37.4 Å². The molecular formula is C26H25N. The van der Waals surface area contributed by atoms with Crippen LogP contribution in [0, 0.1) is 11.3 Å². The maximum atomic E-state index is 8.55. The van der Waals surface area contributed by atoms with E-state index in [9.17, 15) is 0 Å². The van der Waals surface area contributed by atoms with Crippen LogP contribution in [0.1, 0.15) is 29.2 Å². The summed E-state index contributed by atoms with van der Waals surface area (Å²) in [6.07, 6.45) is 7.63. The van der Waals surface area contributed by atoms with Crippen LogP contribution in [0.2, 0.25) is 0 Å². The molecule has 0 heterocycles. The predicted octanol–water partition coefficient (Wildman–Crippen LogP) is 7.25. The van der Waals surface area contributed by atoms with Crippen molar-refractivity contribution in [3.8, 4) is 6.07 Å². The van der Waals surface area contributed by atoms with Gasteiger partial charge in [0.15, 0.2) is 0 Å². The Morgan fingerprint density at radius 3 is 1.63 bits per heavy atom. The molecule has 27 heavy (non-hydrogen) atoms. The van der Waals surface area contributed by atoms with Crippen LogP contribution in [0.4, 0.5) is 0 Å². The highest BCUT2D eigenvalue weighted by Crippen LogP contribution is 2.07. The molecule has 0 aliphatic heterocycles. The zero-order valence-electron chi connectivity index (χ0n) is 15.8. The Labute approximate surface area is 163 Å². The molecule has 0 N–H and O–H groups in total. The van der Waals surface area contributed by atoms with Crippen LogP contribution >= 0.6 is 0 Å². The SMILES string of the molecule is C=Cc1ccccc1.C=Cc1ccccc1C#N.CC=Cc1ccccc1. The highest BCUT2D eigenvalue weighted by atomic mass is 14.2. The van der Waals surface area contributed by atoms with Crippen LogP contribution in [0.3, 0.4) is 0 Å². The number of nitriles is 1. The molecule has 0 unspecified atom stereocenters. The lowest BCUT2D eigenvalue weighted by atomic mass is 10.1. The minimum Gasteiger partial charge on any atom is -0.192 e. The van der Waals surface area contributed by atoms with Crippen molar-refractivity contribution < 1.29 is 0 Å². The third kappa shape index (κ3) is 8.86. The molecular weight excluding hydrogens is 326 g/mol. The van der Waals surface area contributed by atoms with Gasteiger partial charge >= 0.3 is 0 Å². The Hall–Kier alpha value is -3.63. The average Bonchev–Trinajstić information content (AvgIpc) is 2.76. The first-order valence-corrected chi connectivity index (χ1v) is 8.72. The quantitative estimate of drug-likeness (QED) is 0.487. The summed E-state index contributed by atoms with van der Waals surface area (Å²) < 4.78 is 0. The van der Waals surface area contributed by atoms with E-state index in [0.29, 0.717) is 5.56 Å². The van der Waals surface area contributed by atoms with E-state index in [4.69, 9.17) is 5.26 Å². The lowest BCUT2D eigenvalue weighted by Crippen LogP contribution is -1.77. The van der Waals surface area contributed by atoms with Crippen molar-refractivity contribution in [3.63, 3.8) is 0 Å². The Morgan fingerprint density at radius 1 is 0.704 bits per heavy atom. The van der Waals surface area contributed by atoms with Crippen molar-refractivity contribution in [2.24, 2.45) is 0 Å². The lowest BCUT2D eigenvalue weighted by Gasteiger charge is -1.92. The van der Waals surface area contributed by atoms with Crippen molar-refractivity contribution in [2.45, 2.75) is 6.92 Å². The molecule has 3 aromatic rings. The highest BCUT2D eigenvalue weighted by Gasteiger charge is 1.92. The molecule has 0 aliphatic rings. The van der Waals surface area contributed by atoms with E-state index < -0.39 is 0 Å². The molecule has 0 atom stereocenters. The molecule has 0 aromatic heterocycles. The van der Waals surface area contributed by atoms with Gasteiger partial charge in [0.05, 0.1) is 11.6 Å². The minimum absolute atomic E-state index is 0.678. The van der Waals surface area contributed by atoms with E-state index in [-0.39, 0.29) is 0 Å². The van der Waals surface area contributed by atoms with Crippen molar-refractivity contribution in [2.75, 3.05) is 0 Å². The molecule has 0 saturated carbocycles. The third-order valence-electron chi connectivity index (χ3n) is 3.50. The maximum Gasteiger partial charge on any atom is 0.0997 e. The van der Waals surface area contributed by atoms with Gasteiger partial charge in [-0.15, -0.1) is 0 Å². The van der Waals surface area contributed by atoms with Crippen molar-refractivity contribution in [1.82, 2.24) is 0 Å². The molecule has 0 saturated heterocycles. The molecule has 134 valence electrons. The normalized spacial score (nSPS) is 9.04. The molecule has 0 radical (unpaired) electrons. The van der Waals surface area contributed by atoms with Gasteiger partial charge in [0, 0.05) is 0 Å². The smallest absolute Gasteiger partial charge is 0.0997 e. The van der Waals surface area contributed by atoms with E-state index in [1.807, 2.05) is 85.8 Å². The van der Waals surface area contributed by atoms with Crippen LogP contribution in [0.25, 0.3) is 18.2 Å². The predicted molar refractivity (Wildman–Crippen MR) is 119 cm³/mol. The van der Waals surface area contributed by atoms with Gasteiger partial charge in [-0.1, -0.05) is 116 Å². The monoisotopic (exact) mass is 351 g/mol.